The first kappa shape index (κ1) is 32.3. The normalized spacial score (nSPS) is 14.9. The first-order chi connectivity index (χ1) is 21.9. The van der Waals surface area contributed by atoms with Crippen LogP contribution >= 0.6 is 11.3 Å². The van der Waals surface area contributed by atoms with Crippen LogP contribution in [0.2, 0.25) is 0 Å². The van der Waals surface area contributed by atoms with E-state index in [1.807, 2.05) is 13.8 Å². The van der Waals surface area contributed by atoms with E-state index < -0.39 is 27.1 Å². The Kier molecular flexibility index (Phi) is 9.21. The number of rotatable bonds is 10. The zero-order valence-electron chi connectivity index (χ0n) is 25.2. The molecule has 0 unspecified atom stereocenters. The number of fused-ring (bicyclic) bond motifs is 1. The van der Waals surface area contributed by atoms with Gasteiger partial charge in [-0.1, -0.05) is 35.6 Å². The van der Waals surface area contributed by atoms with Crippen LogP contribution in [0.25, 0.3) is 6.08 Å². The molecule has 0 spiro atoms. The van der Waals surface area contributed by atoms with E-state index in [4.69, 9.17) is 13.7 Å². The van der Waals surface area contributed by atoms with Crippen LogP contribution in [-0.4, -0.2) is 36.6 Å². The molecular weight excluding hydrogens is 634 g/mol. The van der Waals surface area contributed by atoms with Gasteiger partial charge in [-0.2, -0.15) is 8.42 Å². The molecule has 2 heterocycles. The molecule has 46 heavy (non-hydrogen) atoms. The monoisotopic (exact) mass is 663 g/mol. The Morgan fingerprint density at radius 2 is 1.67 bits per heavy atom. The summed E-state index contributed by atoms with van der Waals surface area (Å²) >= 11 is 1.15. The molecule has 1 aliphatic heterocycles. The standard InChI is InChI=1S/C32H29N3O9S2/c1-5-42-31(37)28-20(4)33-32-34(29(28)22-8-14-24(15-9-22)43-19(2)3)30(36)27(45-32)18-21-6-12-25(13-7-21)44-46(40,41)26-16-10-23(11-17-26)35(38)39/h6-19,29H,5H2,1-4H3/b27-18-/t29-/m0/s1. The molecule has 0 saturated heterocycles. The van der Waals surface area contributed by atoms with Gasteiger partial charge < -0.3 is 13.7 Å². The van der Waals surface area contributed by atoms with Crippen molar-refractivity contribution in [3.05, 3.63) is 125 Å². The Hall–Kier alpha value is -5.08. The molecule has 0 bridgehead atoms. The topological polar surface area (TPSA) is 156 Å². The number of non-ortho nitro benzene ring substituents is 1. The summed E-state index contributed by atoms with van der Waals surface area (Å²) in [5.74, 6) is 0.0962. The van der Waals surface area contributed by atoms with Crippen LogP contribution in [0.5, 0.6) is 11.5 Å². The van der Waals surface area contributed by atoms with E-state index in [9.17, 15) is 28.1 Å². The minimum Gasteiger partial charge on any atom is -0.491 e. The van der Waals surface area contributed by atoms with E-state index in [0.717, 1.165) is 35.6 Å². The minimum absolute atomic E-state index is 0.0107. The number of thiazole rings is 1. The molecule has 12 nitrogen and oxygen atoms in total. The van der Waals surface area contributed by atoms with E-state index in [2.05, 4.69) is 4.99 Å². The van der Waals surface area contributed by atoms with E-state index >= 15 is 0 Å². The molecule has 0 fully saturated rings. The van der Waals surface area contributed by atoms with E-state index in [1.165, 1.54) is 16.7 Å². The van der Waals surface area contributed by atoms with Crippen LogP contribution in [0.4, 0.5) is 5.69 Å². The predicted octanol–water partition coefficient (Wildman–Crippen LogP) is 4.26. The highest BCUT2D eigenvalue weighted by Gasteiger charge is 2.33. The Labute approximate surface area is 267 Å². The molecule has 238 valence electrons. The third kappa shape index (κ3) is 6.77. The fourth-order valence-corrected chi connectivity index (χ4v) is 6.76. The molecule has 0 amide bonds. The summed E-state index contributed by atoms with van der Waals surface area (Å²) in [6, 6.07) is 16.8. The second kappa shape index (κ2) is 13.1. The molecule has 4 aromatic rings. The molecule has 0 radical (unpaired) electrons. The Morgan fingerprint density at radius 3 is 2.26 bits per heavy atom. The summed E-state index contributed by atoms with van der Waals surface area (Å²) in [6.45, 7) is 7.40. The smallest absolute Gasteiger partial charge is 0.339 e. The van der Waals surface area contributed by atoms with Gasteiger partial charge in [-0.3, -0.25) is 19.5 Å². The zero-order valence-corrected chi connectivity index (χ0v) is 26.8. The van der Waals surface area contributed by atoms with Gasteiger partial charge in [-0.05, 0) is 81.3 Å². The van der Waals surface area contributed by atoms with Crippen molar-refractivity contribution in [2.75, 3.05) is 6.61 Å². The van der Waals surface area contributed by atoms with Gasteiger partial charge in [0.25, 0.3) is 11.2 Å². The van der Waals surface area contributed by atoms with Crippen molar-refractivity contribution in [2.24, 2.45) is 4.99 Å². The summed E-state index contributed by atoms with van der Waals surface area (Å²) in [5.41, 5.74) is 1.34. The predicted molar refractivity (Wildman–Crippen MR) is 170 cm³/mol. The lowest BCUT2D eigenvalue weighted by molar-refractivity contribution is -0.384. The van der Waals surface area contributed by atoms with E-state index in [1.54, 1.807) is 56.3 Å². The van der Waals surface area contributed by atoms with Gasteiger partial charge >= 0.3 is 16.1 Å². The van der Waals surface area contributed by atoms with Crippen LogP contribution in [0.3, 0.4) is 0 Å². The molecular formula is C32H29N3O9S2. The van der Waals surface area contributed by atoms with Crippen molar-refractivity contribution in [3.63, 3.8) is 0 Å². The SMILES string of the molecule is CCOC(=O)C1=C(C)N=c2s/c(=C\c3ccc(OS(=O)(=O)c4ccc([N+](=O)[O-])cc4)cc3)c(=O)n2[C@H]1c1ccc(OC(C)C)cc1. The molecule has 1 aromatic heterocycles. The highest BCUT2D eigenvalue weighted by Crippen LogP contribution is 2.32. The number of benzene rings is 3. The average molecular weight is 664 g/mol. The molecule has 1 aliphatic rings. The largest absolute Gasteiger partial charge is 0.491 e. The first-order valence-corrected chi connectivity index (χ1v) is 16.4. The van der Waals surface area contributed by atoms with Crippen molar-refractivity contribution in [1.82, 2.24) is 4.57 Å². The molecule has 1 atom stereocenters. The lowest BCUT2D eigenvalue weighted by Gasteiger charge is -2.25. The second-order valence-electron chi connectivity index (χ2n) is 10.4. The van der Waals surface area contributed by atoms with Crippen molar-refractivity contribution in [2.45, 2.75) is 44.7 Å². The summed E-state index contributed by atoms with van der Waals surface area (Å²) < 4.78 is 43.5. The lowest BCUT2D eigenvalue weighted by atomic mass is 9.96. The van der Waals surface area contributed by atoms with Crippen molar-refractivity contribution in [1.29, 1.82) is 0 Å². The van der Waals surface area contributed by atoms with Crippen molar-refractivity contribution >= 4 is 39.2 Å². The summed E-state index contributed by atoms with van der Waals surface area (Å²) in [4.78, 5) is 42.0. The van der Waals surface area contributed by atoms with E-state index in [0.29, 0.717) is 31.9 Å². The fraction of sp³-hybridized carbons (Fsp3) is 0.219. The minimum atomic E-state index is -4.25. The Bertz CT molecular complexity index is 2110. The molecule has 0 N–H and O–H groups in total. The van der Waals surface area contributed by atoms with Gasteiger partial charge in [0, 0.05) is 12.1 Å². The first-order valence-electron chi connectivity index (χ1n) is 14.1. The number of carbonyl (C=O) groups is 1. The average Bonchev–Trinajstić information content (AvgIpc) is 3.31. The Balaban J connectivity index is 1.48. The van der Waals surface area contributed by atoms with Crippen molar-refractivity contribution < 1.29 is 31.8 Å². The van der Waals surface area contributed by atoms with Gasteiger partial charge in [0.1, 0.15) is 16.4 Å². The highest BCUT2D eigenvalue weighted by atomic mass is 32.2. The highest BCUT2D eigenvalue weighted by molar-refractivity contribution is 7.87. The van der Waals surface area contributed by atoms with Gasteiger partial charge in [0.2, 0.25) is 0 Å². The van der Waals surface area contributed by atoms with Gasteiger partial charge in [0.05, 0.1) is 39.5 Å². The van der Waals surface area contributed by atoms with Crippen molar-refractivity contribution in [3.8, 4) is 11.5 Å². The molecule has 0 aliphatic carbocycles. The zero-order chi connectivity index (χ0) is 33.2. The maximum atomic E-state index is 13.9. The molecule has 0 saturated carbocycles. The second-order valence-corrected chi connectivity index (χ2v) is 13.0. The number of nitrogens with zero attached hydrogens (tertiary/aromatic N) is 3. The third-order valence-electron chi connectivity index (χ3n) is 6.80. The van der Waals surface area contributed by atoms with Crippen LogP contribution in [0.1, 0.15) is 44.9 Å². The summed E-state index contributed by atoms with van der Waals surface area (Å²) in [5, 5.41) is 10.9. The number of nitro groups is 1. The number of hydrogen-bond donors (Lipinski definition) is 0. The van der Waals surface area contributed by atoms with Gasteiger partial charge in [0.15, 0.2) is 4.80 Å². The lowest BCUT2D eigenvalue weighted by Crippen LogP contribution is -2.39. The Morgan fingerprint density at radius 1 is 1.04 bits per heavy atom. The van der Waals surface area contributed by atoms with Crippen LogP contribution in [0.15, 0.2) is 98.7 Å². The molecule has 5 rings (SSSR count). The molecule has 3 aromatic carbocycles. The maximum Gasteiger partial charge on any atom is 0.339 e. The summed E-state index contributed by atoms with van der Waals surface area (Å²) in [6.07, 6.45) is 1.61. The number of allylic oxidation sites excluding steroid dienone is 1. The number of carbonyl (C=O) groups excluding carboxylic acids is 1. The number of aromatic nitrogens is 1. The number of nitro benzene ring substituents is 1. The van der Waals surface area contributed by atoms with Crippen LogP contribution < -0.4 is 23.8 Å². The number of hydrogen-bond acceptors (Lipinski definition) is 11. The van der Waals surface area contributed by atoms with Gasteiger partial charge in [-0.15, -0.1) is 0 Å². The quantitative estimate of drug-likeness (QED) is 0.105. The van der Waals surface area contributed by atoms with Gasteiger partial charge in [-0.25, -0.2) is 9.79 Å². The summed E-state index contributed by atoms with van der Waals surface area (Å²) in [7, 11) is -4.25. The van der Waals surface area contributed by atoms with Crippen LogP contribution in [0, 0.1) is 10.1 Å². The fourth-order valence-electron chi connectivity index (χ4n) is 4.79. The maximum absolute atomic E-state index is 13.9. The van der Waals surface area contributed by atoms with E-state index in [-0.39, 0.29) is 40.2 Å². The number of ether oxygens (including phenoxy) is 2. The van der Waals surface area contributed by atoms with Crippen LogP contribution in [-0.2, 0) is 19.6 Å². The number of esters is 1. The molecule has 14 heteroatoms. The third-order valence-corrected chi connectivity index (χ3v) is 9.05.